The predicted octanol–water partition coefficient (Wildman–Crippen LogP) is 1.14. The van der Waals surface area contributed by atoms with Gasteiger partial charge in [0.15, 0.2) is 5.96 Å². The van der Waals surface area contributed by atoms with E-state index in [2.05, 4.69) is 15.6 Å². The van der Waals surface area contributed by atoms with Crippen molar-refractivity contribution in [3.63, 3.8) is 0 Å². The van der Waals surface area contributed by atoms with E-state index in [1.807, 2.05) is 13.8 Å². The summed E-state index contributed by atoms with van der Waals surface area (Å²) in [5, 5.41) is 6.19. The lowest BCUT2D eigenvalue weighted by molar-refractivity contribution is -0.0496. The number of nitrogens with one attached hydrogen (secondary N) is 2. The molecular formula is C14H27F3N4O3S. The van der Waals surface area contributed by atoms with E-state index in [1.165, 1.54) is 0 Å². The Hall–Kier alpha value is -1.07. The van der Waals surface area contributed by atoms with Gasteiger partial charge >= 0.3 is 15.5 Å². The van der Waals surface area contributed by atoms with Crippen LogP contribution in [0.3, 0.4) is 0 Å². The summed E-state index contributed by atoms with van der Waals surface area (Å²) >= 11 is 0. The molecule has 0 unspecified atom stereocenters. The second kappa shape index (κ2) is 10.2. The zero-order valence-electron chi connectivity index (χ0n) is 14.6. The van der Waals surface area contributed by atoms with Crippen molar-refractivity contribution in [2.24, 2.45) is 10.9 Å². The van der Waals surface area contributed by atoms with E-state index in [-0.39, 0.29) is 19.0 Å². The van der Waals surface area contributed by atoms with Gasteiger partial charge in [0.25, 0.3) is 0 Å². The van der Waals surface area contributed by atoms with Crippen molar-refractivity contribution in [2.45, 2.75) is 32.2 Å². The molecule has 0 spiro atoms. The Morgan fingerprint density at radius 1 is 1.24 bits per heavy atom. The second-order valence-corrected chi connectivity index (χ2v) is 7.57. The molecule has 0 radical (unpaired) electrons. The monoisotopic (exact) mass is 388 g/mol. The third-order valence-electron chi connectivity index (χ3n) is 3.80. The third kappa shape index (κ3) is 6.98. The number of alkyl halides is 3. The lowest BCUT2D eigenvalue weighted by Crippen LogP contribution is -2.45. The number of sulfonamides is 1. The Morgan fingerprint density at radius 2 is 1.88 bits per heavy atom. The molecule has 0 aromatic heterocycles. The van der Waals surface area contributed by atoms with E-state index in [4.69, 9.17) is 4.74 Å². The normalized spacial score (nSPS) is 18.4. The smallest absolute Gasteiger partial charge is 0.380 e. The molecule has 0 bridgehead atoms. The Balaban J connectivity index is 2.48. The van der Waals surface area contributed by atoms with Crippen LogP contribution in [0.15, 0.2) is 4.99 Å². The van der Waals surface area contributed by atoms with Crippen molar-refractivity contribution in [1.82, 2.24) is 14.9 Å². The average Bonchev–Trinajstić information content (AvgIpc) is 2.55. The zero-order chi connectivity index (χ0) is 18.9. The van der Waals surface area contributed by atoms with Crippen molar-refractivity contribution in [3.8, 4) is 0 Å². The Bertz CT molecular complexity index is 518. The maximum atomic E-state index is 12.5. The van der Waals surface area contributed by atoms with Crippen LogP contribution in [-0.2, 0) is 14.8 Å². The van der Waals surface area contributed by atoms with Crippen molar-refractivity contribution in [3.05, 3.63) is 0 Å². The minimum atomic E-state index is -5.24. The average molecular weight is 388 g/mol. The van der Waals surface area contributed by atoms with Crippen LogP contribution in [0.25, 0.3) is 0 Å². The summed E-state index contributed by atoms with van der Waals surface area (Å²) in [4.78, 5) is 4.42. The molecule has 7 nitrogen and oxygen atoms in total. The first-order valence-corrected chi connectivity index (χ1v) is 9.82. The number of ether oxygens (including phenoxy) is 1. The molecule has 0 aromatic rings. The molecule has 1 heterocycles. The lowest BCUT2D eigenvalue weighted by Gasteiger charge is -2.30. The van der Waals surface area contributed by atoms with E-state index < -0.39 is 15.5 Å². The van der Waals surface area contributed by atoms with Gasteiger partial charge in [-0.1, -0.05) is 0 Å². The summed E-state index contributed by atoms with van der Waals surface area (Å²) in [6.45, 7) is 6.48. The SMILES string of the molecule is CCNC(=NCC1CCN(S(=O)(=O)C(F)(F)F)CC1)NCCOCC. The van der Waals surface area contributed by atoms with Gasteiger partial charge in [-0.3, -0.25) is 4.99 Å². The van der Waals surface area contributed by atoms with Gasteiger partial charge in [-0.25, -0.2) is 8.42 Å². The van der Waals surface area contributed by atoms with Crippen LogP contribution >= 0.6 is 0 Å². The zero-order valence-corrected chi connectivity index (χ0v) is 15.4. The number of halogens is 3. The first-order chi connectivity index (χ1) is 11.7. The van der Waals surface area contributed by atoms with Gasteiger partial charge in [-0.15, -0.1) is 0 Å². The molecule has 11 heteroatoms. The van der Waals surface area contributed by atoms with E-state index in [0.717, 1.165) is 0 Å². The number of nitrogens with zero attached hydrogens (tertiary/aromatic N) is 2. The first-order valence-electron chi connectivity index (χ1n) is 8.38. The molecular weight excluding hydrogens is 361 g/mol. The summed E-state index contributed by atoms with van der Waals surface area (Å²) in [7, 11) is -5.22. The Labute approximate surface area is 147 Å². The van der Waals surface area contributed by atoms with Crippen LogP contribution < -0.4 is 10.6 Å². The molecule has 1 saturated heterocycles. The highest BCUT2D eigenvalue weighted by molar-refractivity contribution is 7.90. The molecule has 0 aliphatic carbocycles. The van der Waals surface area contributed by atoms with Crippen LogP contribution in [0.1, 0.15) is 26.7 Å². The third-order valence-corrected chi connectivity index (χ3v) is 5.43. The molecule has 0 saturated carbocycles. The van der Waals surface area contributed by atoms with Gasteiger partial charge in [0.2, 0.25) is 0 Å². The van der Waals surface area contributed by atoms with E-state index in [1.54, 1.807) is 0 Å². The Kier molecular flexibility index (Phi) is 8.94. The van der Waals surface area contributed by atoms with Crippen LogP contribution in [0, 0.1) is 5.92 Å². The highest BCUT2D eigenvalue weighted by atomic mass is 32.2. The minimum Gasteiger partial charge on any atom is -0.380 e. The Morgan fingerprint density at radius 3 is 2.40 bits per heavy atom. The molecule has 148 valence electrons. The molecule has 2 N–H and O–H groups in total. The largest absolute Gasteiger partial charge is 0.511 e. The molecule has 25 heavy (non-hydrogen) atoms. The van der Waals surface area contributed by atoms with Crippen molar-refractivity contribution >= 4 is 16.0 Å². The lowest BCUT2D eigenvalue weighted by atomic mass is 9.98. The van der Waals surface area contributed by atoms with Crippen molar-refractivity contribution in [1.29, 1.82) is 0 Å². The summed E-state index contributed by atoms with van der Waals surface area (Å²) in [6.07, 6.45) is 0.717. The fourth-order valence-electron chi connectivity index (χ4n) is 2.43. The van der Waals surface area contributed by atoms with E-state index in [0.29, 0.717) is 56.0 Å². The second-order valence-electron chi connectivity index (χ2n) is 5.64. The molecule has 0 amide bonds. The minimum absolute atomic E-state index is 0.0574. The van der Waals surface area contributed by atoms with Gasteiger partial charge in [-0.05, 0) is 32.6 Å². The summed E-state index contributed by atoms with van der Waals surface area (Å²) in [5.74, 6) is 0.676. The number of guanidine groups is 1. The molecule has 1 aliphatic rings. The van der Waals surface area contributed by atoms with Crippen LogP contribution in [0.4, 0.5) is 13.2 Å². The topological polar surface area (TPSA) is 83.0 Å². The van der Waals surface area contributed by atoms with E-state index >= 15 is 0 Å². The van der Waals surface area contributed by atoms with Crippen molar-refractivity contribution < 1.29 is 26.3 Å². The summed E-state index contributed by atoms with van der Waals surface area (Å²) in [5.41, 5.74) is -5.24. The van der Waals surface area contributed by atoms with Crippen LogP contribution in [-0.4, -0.2) is 70.1 Å². The number of rotatable bonds is 8. The fourth-order valence-corrected chi connectivity index (χ4v) is 3.41. The summed E-state index contributed by atoms with van der Waals surface area (Å²) < 4.78 is 66.1. The van der Waals surface area contributed by atoms with E-state index in [9.17, 15) is 21.6 Å². The number of hydrogen-bond donors (Lipinski definition) is 2. The van der Waals surface area contributed by atoms with Crippen LogP contribution in [0.5, 0.6) is 0 Å². The number of piperidine rings is 1. The molecule has 0 aromatic carbocycles. The molecule has 0 atom stereocenters. The summed E-state index contributed by atoms with van der Waals surface area (Å²) in [6, 6.07) is 0. The molecule has 1 rings (SSSR count). The number of aliphatic imine (C=N–C) groups is 1. The van der Waals surface area contributed by atoms with Crippen LogP contribution in [0.2, 0.25) is 0 Å². The van der Waals surface area contributed by atoms with Gasteiger partial charge < -0.3 is 15.4 Å². The number of hydrogen-bond acceptors (Lipinski definition) is 4. The predicted molar refractivity (Wildman–Crippen MR) is 89.7 cm³/mol. The quantitative estimate of drug-likeness (QED) is 0.370. The van der Waals surface area contributed by atoms with Gasteiger partial charge in [0, 0.05) is 39.3 Å². The standard InChI is InChI=1S/C14H27F3N4O3S/c1-3-18-13(19-7-10-24-4-2)20-11-12-5-8-21(9-6-12)25(22,23)14(15,16)17/h12H,3-11H2,1-2H3,(H2,18,19,20). The molecule has 1 aliphatic heterocycles. The highest BCUT2D eigenvalue weighted by Crippen LogP contribution is 2.30. The van der Waals surface area contributed by atoms with Crippen molar-refractivity contribution in [2.75, 3.05) is 45.9 Å². The maximum Gasteiger partial charge on any atom is 0.511 e. The van der Waals surface area contributed by atoms with Gasteiger partial charge in [-0.2, -0.15) is 17.5 Å². The first kappa shape index (κ1) is 22.0. The fraction of sp³-hybridized carbons (Fsp3) is 0.929. The van der Waals surface area contributed by atoms with Gasteiger partial charge in [0.05, 0.1) is 6.61 Å². The highest BCUT2D eigenvalue weighted by Gasteiger charge is 2.50. The van der Waals surface area contributed by atoms with Gasteiger partial charge in [0.1, 0.15) is 0 Å². The molecule has 1 fully saturated rings. The maximum absolute atomic E-state index is 12.5.